The molecule has 0 radical (unpaired) electrons. The van der Waals surface area contributed by atoms with Gasteiger partial charge in [-0.15, -0.1) is 0 Å². The first-order chi connectivity index (χ1) is 7.11. The Bertz CT molecular complexity index is 340. The van der Waals surface area contributed by atoms with Gasteiger partial charge in [-0.2, -0.15) is 0 Å². The van der Waals surface area contributed by atoms with Crippen LogP contribution >= 0.6 is 0 Å². The SMILES string of the molecule is C1=NCC[NH2+]1.O=S(=O)([O-])C1=CCCCC1. The maximum Gasteiger partial charge on any atom is 0.182 e. The predicted molar refractivity (Wildman–Crippen MR) is 56.4 cm³/mol. The fourth-order valence-corrected chi connectivity index (χ4v) is 2.12. The second-order valence-electron chi connectivity index (χ2n) is 3.45. The molecule has 15 heavy (non-hydrogen) atoms. The average molecular weight is 232 g/mol. The maximum atomic E-state index is 10.4. The van der Waals surface area contributed by atoms with Gasteiger partial charge < -0.3 is 9.87 Å². The second kappa shape index (κ2) is 5.99. The van der Waals surface area contributed by atoms with E-state index in [1.54, 1.807) is 0 Å². The molecule has 0 aromatic heterocycles. The summed E-state index contributed by atoms with van der Waals surface area (Å²) in [5, 5.41) is 2.07. The van der Waals surface area contributed by atoms with Crippen LogP contribution in [0.5, 0.6) is 0 Å². The second-order valence-corrected chi connectivity index (χ2v) is 4.88. The molecule has 0 unspecified atom stereocenters. The fourth-order valence-electron chi connectivity index (χ4n) is 1.41. The zero-order valence-corrected chi connectivity index (χ0v) is 9.37. The summed E-state index contributed by atoms with van der Waals surface area (Å²) in [6.07, 6.45) is 6.39. The minimum Gasteiger partial charge on any atom is -0.744 e. The standard InChI is InChI=1S/C6H10O3S.C3H6N2/c7-10(8,9)6-4-2-1-3-5-6;1-2-5-3-4-1/h4H,1-3,5H2,(H,7,8,9);3H,1-2H2,(H,4,5). The topological polar surface area (TPSA) is 86.2 Å². The Kier molecular flexibility index (Phi) is 4.93. The largest absolute Gasteiger partial charge is 0.744 e. The highest BCUT2D eigenvalue weighted by Gasteiger charge is 2.08. The summed E-state index contributed by atoms with van der Waals surface area (Å²) in [5.74, 6) is 0. The highest BCUT2D eigenvalue weighted by Crippen LogP contribution is 2.20. The maximum absolute atomic E-state index is 10.4. The number of hydrogen-bond donors (Lipinski definition) is 1. The van der Waals surface area contributed by atoms with E-state index >= 15 is 0 Å². The van der Waals surface area contributed by atoms with E-state index in [-0.39, 0.29) is 4.91 Å². The van der Waals surface area contributed by atoms with Crippen molar-refractivity contribution in [1.82, 2.24) is 0 Å². The molecular formula is C9H16N2O3S. The predicted octanol–water partition coefficient (Wildman–Crippen LogP) is -0.419. The molecule has 0 aromatic rings. The summed E-state index contributed by atoms with van der Waals surface area (Å²) in [5.41, 5.74) is 0. The first kappa shape index (κ1) is 12.4. The van der Waals surface area contributed by atoms with Gasteiger partial charge in [0.15, 0.2) is 6.34 Å². The molecule has 6 heteroatoms. The van der Waals surface area contributed by atoms with E-state index < -0.39 is 10.1 Å². The lowest BCUT2D eigenvalue weighted by molar-refractivity contribution is -0.518. The van der Waals surface area contributed by atoms with Crippen molar-refractivity contribution in [2.24, 2.45) is 4.99 Å². The molecule has 1 aliphatic heterocycles. The molecule has 86 valence electrons. The van der Waals surface area contributed by atoms with E-state index in [1.807, 2.05) is 6.34 Å². The minimum atomic E-state index is -4.11. The number of nitrogens with zero attached hydrogens (tertiary/aromatic N) is 1. The van der Waals surface area contributed by atoms with Gasteiger partial charge in [-0.3, -0.25) is 0 Å². The Balaban J connectivity index is 0.000000187. The van der Waals surface area contributed by atoms with E-state index in [0.29, 0.717) is 6.42 Å². The summed E-state index contributed by atoms with van der Waals surface area (Å²) < 4.78 is 31.1. The van der Waals surface area contributed by atoms with E-state index in [9.17, 15) is 13.0 Å². The third-order valence-corrected chi connectivity index (χ3v) is 3.22. The normalized spacial score (nSPS) is 20.5. The van der Waals surface area contributed by atoms with Crippen molar-refractivity contribution < 1.29 is 18.3 Å². The molecule has 5 nitrogen and oxygen atoms in total. The first-order valence-electron chi connectivity index (χ1n) is 5.07. The van der Waals surface area contributed by atoms with E-state index in [4.69, 9.17) is 0 Å². The summed E-state index contributed by atoms with van der Waals surface area (Å²) >= 11 is 0. The van der Waals surface area contributed by atoms with Gasteiger partial charge in [-0.25, -0.2) is 13.4 Å². The van der Waals surface area contributed by atoms with Crippen LogP contribution < -0.4 is 5.32 Å². The van der Waals surface area contributed by atoms with Crippen molar-refractivity contribution in [2.75, 3.05) is 13.1 Å². The van der Waals surface area contributed by atoms with E-state index in [0.717, 1.165) is 32.4 Å². The van der Waals surface area contributed by atoms with Crippen LogP contribution in [0, 0.1) is 0 Å². The van der Waals surface area contributed by atoms with E-state index in [1.165, 1.54) is 6.08 Å². The van der Waals surface area contributed by atoms with Gasteiger partial charge >= 0.3 is 0 Å². The highest BCUT2D eigenvalue weighted by molar-refractivity contribution is 7.89. The number of allylic oxidation sites excluding steroid dienone is 2. The molecule has 0 spiro atoms. The zero-order chi connectivity index (χ0) is 11.1. The number of nitrogens with two attached hydrogens (primary N) is 1. The fraction of sp³-hybridized carbons (Fsp3) is 0.667. The smallest absolute Gasteiger partial charge is 0.182 e. The van der Waals surface area contributed by atoms with Crippen LogP contribution in [0.15, 0.2) is 16.0 Å². The minimum absolute atomic E-state index is 0.0822. The molecule has 1 heterocycles. The zero-order valence-electron chi connectivity index (χ0n) is 8.55. The van der Waals surface area contributed by atoms with Crippen molar-refractivity contribution in [1.29, 1.82) is 0 Å². The third kappa shape index (κ3) is 5.06. The van der Waals surface area contributed by atoms with Crippen molar-refractivity contribution in [3.63, 3.8) is 0 Å². The number of hydrogen-bond acceptors (Lipinski definition) is 4. The lowest BCUT2D eigenvalue weighted by Gasteiger charge is -2.15. The Morgan fingerprint density at radius 1 is 1.40 bits per heavy atom. The van der Waals surface area contributed by atoms with Gasteiger partial charge in [0.25, 0.3) is 0 Å². The van der Waals surface area contributed by atoms with Crippen molar-refractivity contribution in [3.8, 4) is 0 Å². The van der Waals surface area contributed by atoms with Crippen LogP contribution in [-0.2, 0) is 10.1 Å². The molecule has 0 saturated carbocycles. The Labute approximate surface area is 90.0 Å². The third-order valence-electron chi connectivity index (χ3n) is 2.21. The van der Waals surface area contributed by atoms with Gasteiger partial charge in [-0.05, 0) is 25.7 Å². The quantitative estimate of drug-likeness (QED) is 0.623. The van der Waals surface area contributed by atoms with Gasteiger partial charge in [0.1, 0.15) is 16.7 Å². The Hall–Kier alpha value is -0.720. The van der Waals surface area contributed by atoms with Crippen molar-refractivity contribution in [2.45, 2.75) is 25.7 Å². The van der Waals surface area contributed by atoms with E-state index in [2.05, 4.69) is 10.3 Å². The highest BCUT2D eigenvalue weighted by atomic mass is 32.2. The molecule has 2 N–H and O–H groups in total. The summed E-state index contributed by atoms with van der Waals surface area (Å²) in [6.45, 7) is 2.17. The Morgan fingerprint density at radius 3 is 2.47 bits per heavy atom. The van der Waals surface area contributed by atoms with Crippen molar-refractivity contribution >= 4 is 16.5 Å². The molecule has 1 aliphatic carbocycles. The first-order valence-corrected chi connectivity index (χ1v) is 6.48. The molecule has 0 amide bonds. The van der Waals surface area contributed by atoms with Crippen LogP contribution in [-0.4, -0.2) is 32.4 Å². The van der Waals surface area contributed by atoms with Gasteiger partial charge in [-0.1, -0.05) is 6.08 Å². The lowest BCUT2D eigenvalue weighted by Crippen LogP contribution is -2.80. The molecule has 2 aliphatic rings. The van der Waals surface area contributed by atoms with Crippen LogP contribution in [0.3, 0.4) is 0 Å². The molecule has 0 atom stereocenters. The molecule has 0 fully saturated rings. The van der Waals surface area contributed by atoms with Crippen LogP contribution in [0.2, 0.25) is 0 Å². The molecule has 0 bridgehead atoms. The summed E-state index contributed by atoms with van der Waals surface area (Å²) in [4.78, 5) is 3.98. The number of quaternary nitrogens is 1. The van der Waals surface area contributed by atoms with Crippen LogP contribution in [0.4, 0.5) is 0 Å². The average Bonchev–Trinajstić information content (AvgIpc) is 2.76. The monoisotopic (exact) mass is 232 g/mol. The van der Waals surface area contributed by atoms with Gasteiger partial charge in [0.05, 0.1) is 6.54 Å². The van der Waals surface area contributed by atoms with Gasteiger partial charge in [0.2, 0.25) is 0 Å². The molecule has 0 aromatic carbocycles. The molecular weight excluding hydrogens is 216 g/mol. The number of rotatable bonds is 1. The molecule has 0 saturated heterocycles. The lowest BCUT2D eigenvalue weighted by atomic mass is 10.1. The van der Waals surface area contributed by atoms with Crippen LogP contribution in [0.1, 0.15) is 25.7 Å². The van der Waals surface area contributed by atoms with Gasteiger partial charge in [0, 0.05) is 4.91 Å². The number of aliphatic imine (C=N–C) groups is 1. The Morgan fingerprint density at radius 2 is 2.20 bits per heavy atom. The summed E-state index contributed by atoms with van der Waals surface area (Å²) in [6, 6.07) is 0. The van der Waals surface area contributed by atoms with Crippen molar-refractivity contribution in [3.05, 3.63) is 11.0 Å². The summed E-state index contributed by atoms with van der Waals surface area (Å²) in [7, 11) is -4.11. The molecule has 2 rings (SSSR count). The van der Waals surface area contributed by atoms with Crippen LogP contribution in [0.25, 0.3) is 0 Å².